The van der Waals surface area contributed by atoms with Gasteiger partial charge >= 0.3 is 0 Å². The predicted octanol–water partition coefficient (Wildman–Crippen LogP) is 3.51. The molecule has 29 heavy (non-hydrogen) atoms. The van der Waals surface area contributed by atoms with Crippen LogP contribution in [0.1, 0.15) is 11.3 Å². The Balaban J connectivity index is 0.00000300. The first-order valence-corrected chi connectivity index (χ1v) is 10.5. The van der Waals surface area contributed by atoms with Gasteiger partial charge in [0.1, 0.15) is 5.82 Å². The first-order chi connectivity index (χ1) is 13.5. The van der Waals surface area contributed by atoms with Crippen LogP contribution in [-0.2, 0) is 13.1 Å². The molecule has 1 aliphatic rings. The van der Waals surface area contributed by atoms with E-state index in [0.29, 0.717) is 23.7 Å². The lowest BCUT2D eigenvalue weighted by Crippen LogP contribution is -2.52. The molecular weight excluding hydrogens is 526 g/mol. The van der Waals surface area contributed by atoms with Crippen LogP contribution < -0.4 is 10.2 Å². The Morgan fingerprint density at radius 2 is 2.03 bits per heavy atom. The number of anilines is 1. The van der Waals surface area contributed by atoms with Crippen molar-refractivity contribution in [2.45, 2.75) is 13.1 Å². The molecule has 10 heteroatoms. The number of nitrogens with one attached hydrogen (secondary N) is 1. The second kappa shape index (κ2) is 11.3. The molecule has 1 saturated heterocycles. The van der Waals surface area contributed by atoms with Crippen LogP contribution >= 0.6 is 46.9 Å². The molecule has 0 aliphatic carbocycles. The highest BCUT2D eigenvalue weighted by molar-refractivity contribution is 14.0. The average molecular weight is 553 g/mol. The molecule has 0 atom stereocenters. The maximum absolute atomic E-state index is 14.0. The molecule has 1 aromatic heterocycles. The van der Waals surface area contributed by atoms with Crippen molar-refractivity contribution < 1.29 is 4.39 Å². The quantitative estimate of drug-likeness (QED) is 0.350. The summed E-state index contributed by atoms with van der Waals surface area (Å²) in [5, 5.41) is 6.93. The Morgan fingerprint density at radius 3 is 2.62 bits per heavy atom. The van der Waals surface area contributed by atoms with E-state index in [9.17, 15) is 4.39 Å². The van der Waals surface area contributed by atoms with Crippen molar-refractivity contribution in [2.24, 2.45) is 4.99 Å². The number of hydrogen-bond donors (Lipinski definition) is 1. The SMILES string of the molecule is CN=C(NCc1csc(N(C)C)n1)N1CCN(Cc2c(F)cccc2Cl)CC1.I. The monoisotopic (exact) mass is 552 g/mol. The molecule has 0 radical (unpaired) electrons. The normalized spacial score (nSPS) is 15.2. The van der Waals surface area contributed by atoms with E-state index >= 15 is 0 Å². The molecule has 0 spiro atoms. The van der Waals surface area contributed by atoms with Crippen LogP contribution in [0.5, 0.6) is 0 Å². The largest absolute Gasteiger partial charge is 0.354 e. The number of thiazole rings is 1. The van der Waals surface area contributed by atoms with Gasteiger partial charge in [-0.25, -0.2) is 9.37 Å². The van der Waals surface area contributed by atoms with Crippen molar-refractivity contribution in [2.75, 3.05) is 52.2 Å². The Hall–Kier alpha value is -1.17. The van der Waals surface area contributed by atoms with Crippen molar-refractivity contribution >= 4 is 58.0 Å². The van der Waals surface area contributed by atoms with Gasteiger partial charge < -0.3 is 15.1 Å². The summed E-state index contributed by atoms with van der Waals surface area (Å²) in [7, 11) is 5.77. The second-order valence-electron chi connectivity index (χ2n) is 6.88. The van der Waals surface area contributed by atoms with Crippen molar-refractivity contribution in [3.63, 3.8) is 0 Å². The molecule has 0 saturated carbocycles. The van der Waals surface area contributed by atoms with Crippen LogP contribution in [0.25, 0.3) is 0 Å². The summed E-state index contributed by atoms with van der Waals surface area (Å²) in [6.45, 7) is 4.47. The highest BCUT2D eigenvalue weighted by Gasteiger charge is 2.21. The fourth-order valence-electron chi connectivity index (χ4n) is 3.11. The molecule has 0 unspecified atom stereocenters. The van der Waals surface area contributed by atoms with Gasteiger partial charge in [0.05, 0.1) is 12.2 Å². The molecule has 0 amide bonds. The molecule has 1 fully saturated rings. The zero-order valence-corrected chi connectivity index (χ0v) is 20.8. The van der Waals surface area contributed by atoms with Crippen LogP contribution in [0.3, 0.4) is 0 Å². The molecule has 0 bridgehead atoms. The van der Waals surface area contributed by atoms with Crippen LogP contribution in [0, 0.1) is 5.82 Å². The summed E-state index contributed by atoms with van der Waals surface area (Å²) >= 11 is 7.79. The number of hydrogen-bond acceptors (Lipinski definition) is 5. The van der Waals surface area contributed by atoms with Gasteiger partial charge in [0.2, 0.25) is 0 Å². The highest BCUT2D eigenvalue weighted by Crippen LogP contribution is 2.21. The van der Waals surface area contributed by atoms with E-state index in [-0.39, 0.29) is 29.8 Å². The number of benzene rings is 1. The van der Waals surface area contributed by atoms with Gasteiger partial charge in [-0.15, -0.1) is 35.3 Å². The molecule has 3 rings (SSSR count). The smallest absolute Gasteiger partial charge is 0.194 e. The third kappa shape index (κ3) is 6.40. The number of rotatable bonds is 5. The molecule has 1 N–H and O–H groups in total. The van der Waals surface area contributed by atoms with Gasteiger partial charge in [-0.05, 0) is 12.1 Å². The fraction of sp³-hybridized carbons (Fsp3) is 0.474. The van der Waals surface area contributed by atoms with E-state index in [2.05, 4.69) is 30.5 Å². The summed E-state index contributed by atoms with van der Waals surface area (Å²) in [4.78, 5) is 15.4. The van der Waals surface area contributed by atoms with Gasteiger partial charge in [0.15, 0.2) is 11.1 Å². The number of halogens is 3. The van der Waals surface area contributed by atoms with Crippen LogP contribution in [0.15, 0.2) is 28.6 Å². The predicted molar refractivity (Wildman–Crippen MR) is 130 cm³/mol. The maximum Gasteiger partial charge on any atom is 0.194 e. The van der Waals surface area contributed by atoms with E-state index in [1.165, 1.54) is 6.07 Å². The highest BCUT2D eigenvalue weighted by atomic mass is 127. The van der Waals surface area contributed by atoms with Gasteiger partial charge in [-0.2, -0.15) is 0 Å². The summed E-state index contributed by atoms with van der Waals surface area (Å²) < 4.78 is 14.0. The van der Waals surface area contributed by atoms with E-state index in [4.69, 9.17) is 11.6 Å². The van der Waals surface area contributed by atoms with Gasteiger partial charge in [-0.1, -0.05) is 17.7 Å². The molecular formula is C19H27ClFIN6S. The topological polar surface area (TPSA) is 47.0 Å². The van der Waals surface area contributed by atoms with Gasteiger partial charge in [0.25, 0.3) is 0 Å². The summed E-state index contributed by atoms with van der Waals surface area (Å²) in [6, 6.07) is 4.84. The Bertz CT molecular complexity index is 803. The Morgan fingerprint density at radius 1 is 1.31 bits per heavy atom. The standard InChI is InChI=1S/C19H26ClFN6S.HI/c1-22-18(23-11-14-13-28-19(24-14)25(2)3)27-9-7-26(8-10-27)12-15-16(20)5-4-6-17(15)21;/h4-6,13H,7-12H2,1-3H3,(H,22,23);1H. The second-order valence-corrected chi connectivity index (χ2v) is 8.12. The molecule has 2 heterocycles. The lowest BCUT2D eigenvalue weighted by atomic mass is 10.2. The number of aromatic nitrogens is 1. The molecule has 2 aromatic rings. The molecule has 160 valence electrons. The molecule has 1 aliphatic heterocycles. The van der Waals surface area contributed by atoms with Gasteiger partial charge in [0, 0.05) is 69.8 Å². The Kier molecular flexibility index (Phi) is 9.38. The minimum atomic E-state index is -0.243. The lowest BCUT2D eigenvalue weighted by Gasteiger charge is -2.36. The van der Waals surface area contributed by atoms with Crippen molar-refractivity contribution in [3.05, 3.63) is 45.7 Å². The molecule has 6 nitrogen and oxygen atoms in total. The summed E-state index contributed by atoms with van der Waals surface area (Å²) in [5.41, 5.74) is 1.57. The zero-order chi connectivity index (χ0) is 20.1. The minimum absolute atomic E-state index is 0. The van der Waals surface area contributed by atoms with Crippen molar-refractivity contribution in [3.8, 4) is 0 Å². The summed E-state index contributed by atoms with van der Waals surface area (Å²) in [6.07, 6.45) is 0. The fourth-order valence-corrected chi connectivity index (χ4v) is 4.09. The van der Waals surface area contributed by atoms with Gasteiger partial charge in [-0.3, -0.25) is 9.89 Å². The number of piperazine rings is 1. The summed E-state index contributed by atoms with van der Waals surface area (Å²) in [5.74, 6) is 0.621. The number of nitrogens with zero attached hydrogens (tertiary/aromatic N) is 5. The first-order valence-electron chi connectivity index (χ1n) is 9.20. The minimum Gasteiger partial charge on any atom is -0.354 e. The lowest BCUT2D eigenvalue weighted by molar-refractivity contribution is 0.171. The van der Waals surface area contributed by atoms with Crippen LogP contribution in [0.2, 0.25) is 5.02 Å². The van der Waals surface area contributed by atoms with E-state index in [1.54, 1.807) is 30.5 Å². The zero-order valence-electron chi connectivity index (χ0n) is 16.9. The van der Waals surface area contributed by atoms with Crippen LogP contribution in [-0.4, -0.2) is 68.1 Å². The number of guanidine groups is 1. The van der Waals surface area contributed by atoms with Crippen molar-refractivity contribution in [1.29, 1.82) is 0 Å². The van der Waals surface area contributed by atoms with Crippen molar-refractivity contribution in [1.82, 2.24) is 20.1 Å². The third-order valence-corrected chi connectivity index (χ3v) is 6.09. The van der Waals surface area contributed by atoms with Crippen LogP contribution in [0.4, 0.5) is 9.52 Å². The first kappa shape index (κ1) is 24.1. The van der Waals surface area contributed by atoms with E-state index in [0.717, 1.165) is 43.0 Å². The average Bonchev–Trinajstić information content (AvgIpc) is 3.16. The third-order valence-electron chi connectivity index (χ3n) is 4.68. The van der Waals surface area contributed by atoms with E-state index in [1.807, 2.05) is 19.0 Å². The van der Waals surface area contributed by atoms with E-state index < -0.39 is 0 Å². The number of aliphatic imine (C=N–C) groups is 1. The molecule has 1 aromatic carbocycles. The maximum atomic E-state index is 14.0. The Labute approximate surface area is 197 Å².